The molecule has 8 heteroatoms. The van der Waals surface area contributed by atoms with Gasteiger partial charge >= 0.3 is 11.9 Å². The first kappa shape index (κ1) is 22.3. The Morgan fingerprint density at radius 1 is 1.00 bits per heavy atom. The molecule has 0 amide bonds. The molecule has 29 heavy (non-hydrogen) atoms. The van der Waals surface area contributed by atoms with E-state index in [9.17, 15) is 18.0 Å². The molecule has 0 aliphatic rings. The maximum atomic E-state index is 12.3. The highest BCUT2D eigenvalue weighted by molar-refractivity contribution is 7.92. The molecular weight excluding hydrogens is 394 g/mol. The fourth-order valence-electron chi connectivity index (χ4n) is 2.60. The highest BCUT2D eigenvalue weighted by Crippen LogP contribution is 2.29. The average molecular weight is 417 g/mol. The van der Waals surface area contributed by atoms with Crippen molar-refractivity contribution in [3.05, 3.63) is 65.1 Å². The maximum absolute atomic E-state index is 12.3. The van der Waals surface area contributed by atoms with Crippen molar-refractivity contribution in [2.75, 3.05) is 0 Å². The van der Waals surface area contributed by atoms with Crippen LogP contribution in [-0.4, -0.2) is 26.4 Å². The molecule has 1 N–H and O–H groups in total. The van der Waals surface area contributed by atoms with E-state index in [-0.39, 0.29) is 17.5 Å². The molecule has 7 nitrogen and oxygen atoms in total. The third-order valence-electron chi connectivity index (χ3n) is 3.66. The van der Waals surface area contributed by atoms with Crippen molar-refractivity contribution in [3.63, 3.8) is 0 Å². The fraction of sp³-hybridized carbons (Fsp3) is 0.238. The molecule has 0 bridgehead atoms. The molecule has 0 aliphatic carbocycles. The van der Waals surface area contributed by atoms with Gasteiger partial charge in [0.05, 0.1) is 0 Å². The Bertz CT molecular complexity index is 999. The van der Waals surface area contributed by atoms with Crippen LogP contribution in [0.3, 0.4) is 0 Å². The van der Waals surface area contributed by atoms with Crippen molar-refractivity contribution in [2.24, 2.45) is 0 Å². The van der Waals surface area contributed by atoms with Crippen molar-refractivity contribution in [1.82, 2.24) is 4.72 Å². The van der Waals surface area contributed by atoms with Gasteiger partial charge in [-0.05, 0) is 42.7 Å². The molecule has 0 fully saturated rings. The van der Waals surface area contributed by atoms with Crippen LogP contribution in [0.15, 0.2) is 53.9 Å². The average Bonchev–Trinajstić information content (AvgIpc) is 2.61. The fourth-order valence-corrected chi connectivity index (χ4v) is 3.66. The number of sulfonamides is 1. The lowest BCUT2D eigenvalue weighted by Crippen LogP contribution is -2.32. The normalized spacial score (nSPS) is 12.5. The zero-order chi connectivity index (χ0) is 21.4. The first-order chi connectivity index (χ1) is 13.6. The van der Waals surface area contributed by atoms with Crippen LogP contribution in [0.5, 0.6) is 11.5 Å². The van der Waals surface area contributed by atoms with E-state index >= 15 is 0 Å². The summed E-state index contributed by atoms with van der Waals surface area (Å²) in [5, 5.41) is 1.03. The van der Waals surface area contributed by atoms with Gasteiger partial charge in [0.2, 0.25) is 10.0 Å². The van der Waals surface area contributed by atoms with Gasteiger partial charge in [-0.2, -0.15) is 0 Å². The minimum absolute atomic E-state index is 0.0256. The van der Waals surface area contributed by atoms with Crippen LogP contribution >= 0.6 is 0 Å². The zero-order valence-electron chi connectivity index (χ0n) is 16.4. The summed E-state index contributed by atoms with van der Waals surface area (Å²) in [5.41, 5.74) is 1.48. The monoisotopic (exact) mass is 417 g/mol. The van der Waals surface area contributed by atoms with E-state index in [0.29, 0.717) is 12.0 Å². The summed E-state index contributed by atoms with van der Waals surface area (Å²) in [5.74, 6) is -1.07. The molecule has 0 saturated heterocycles. The summed E-state index contributed by atoms with van der Waals surface area (Å²) in [6.07, 6.45) is 1.92. The maximum Gasteiger partial charge on any atom is 0.308 e. The van der Waals surface area contributed by atoms with Gasteiger partial charge in [-0.3, -0.25) is 9.59 Å². The number of hydrogen-bond donors (Lipinski definition) is 1. The third-order valence-corrected chi connectivity index (χ3v) is 4.89. The topological polar surface area (TPSA) is 98.8 Å². The minimum Gasteiger partial charge on any atom is -0.423 e. The number of nitrogens with one attached hydrogen (secondary N) is 1. The highest BCUT2D eigenvalue weighted by Gasteiger charge is 2.13. The number of rotatable bonds is 8. The van der Waals surface area contributed by atoms with Crippen LogP contribution in [0.4, 0.5) is 0 Å². The molecule has 0 spiro atoms. The van der Waals surface area contributed by atoms with E-state index < -0.39 is 22.0 Å². The van der Waals surface area contributed by atoms with Gasteiger partial charge < -0.3 is 9.47 Å². The van der Waals surface area contributed by atoms with Crippen LogP contribution in [0.25, 0.3) is 6.08 Å². The molecule has 0 saturated carbocycles. The Labute approximate surface area is 170 Å². The van der Waals surface area contributed by atoms with Crippen molar-refractivity contribution in [2.45, 2.75) is 33.2 Å². The van der Waals surface area contributed by atoms with Crippen molar-refractivity contribution >= 4 is 28.0 Å². The molecule has 0 aliphatic heterocycles. The zero-order valence-corrected chi connectivity index (χ0v) is 17.2. The van der Waals surface area contributed by atoms with E-state index in [0.717, 1.165) is 11.0 Å². The molecule has 0 aromatic heterocycles. The number of carbonyl (C=O) groups excluding carboxylic acids is 2. The van der Waals surface area contributed by atoms with E-state index in [1.54, 1.807) is 13.0 Å². The smallest absolute Gasteiger partial charge is 0.308 e. The second kappa shape index (κ2) is 9.99. The molecule has 2 aromatic carbocycles. The second-order valence-electron chi connectivity index (χ2n) is 6.45. The van der Waals surface area contributed by atoms with Crippen LogP contribution < -0.4 is 14.2 Å². The third kappa shape index (κ3) is 7.89. The second-order valence-corrected chi connectivity index (χ2v) is 8.05. The van der Waals surface area contributed by atoms with Crippen LogP contribution in [0, 0.1) is 0 Å². The molecule has 2 aromatic rings. The van der Waals surface area contributed by atoms with Crippen molar-refractivity contribution in [3.8, 4) is 11.5 Å². The lowest BCUT2D eigenvalue weighted by atomic mass is 10.1. The van der Waals surface area contributed by atoms with Crippen LogP contribution in [0.2, 0.25) is 0 Å². The summed E-state index contributed by atoms with van der Waals surface area (Å²) >= 11 is 0. The number of benzene rings is 2. The summed E-state index contributed by atoms with van der Waals surface area (Å²) in [7, 11) is -3.69. The molecule has 1 unspecified atom stereocenters. The first-order valence-electron chi connectivity index (χ1n) is 8.90. The lowest BCUT2D eigenvalue weighted by Gasteiger charge is -2.12. The number of ether oxygens (including phenoxy) is 2. The predicted molar refractivity (Wildman–Crippen MR) is 110 cm³/mol. The first-order valence-corrected chi connectivity index (χ1v) is 10.4. The number of esters is 2. The molecule has 2 rings (SSSR count). The summed E-state index contributed by atoms with van der Waals surface area (Å²) in [6.45, 7) is 4.22. The van der Waals surface area contributed by atoms with Gasteiger partial charge in [-0.25, -0.2) is 13.1 Å². The lowest BCUT2D eigenvalue weighted by molar-refractivity contribution is -0.134. The van der Waals surface area contributed by atoms with Gasteiger partial charge in [-0.1, -0.05) is 36.4 Å². The Morgan fingerprint density at radius 2 is 1.62 bits per heavy atom. The van der Waals surface area contributed by atoms with E-state index in [4.69, 9.17) is 9.47 Å². The summed E-state index contributed by atoms with van der Waals surface area (Å²) in [6, 6.07) is 13.7. The minimum atomic E-state index is -3.69. The Balaban J connectivity index is 2.12. The summed E-state index contributed by atoms with van der Waals surface area (Å²) < 4.78 is 37.3. The van der Waals surface area contributed by atoms with E-state index in [2.05, 4.69) is 4.72 Å². The van der Waals surface area contributed by atoms with Gasteiger partial charge in [0.1, 0.15) is 0 Å². The number of carbonyl (C=O) groups is 2. The van der Waals surface area contributed by atoms with Crippen molar-refractivity contribution < 1.29 is 27.5 Å². The van der Waals surface area contributed by atoms with E-state index in [1.807, 2.05) is 30.3 Å². The van der Waals surface area contributed by atoms with Gasteiger partial charge in [-0.15, -0.1) is 0 Å². The number of hydrogen-bond acceptors (Lipinski definition) is 6. The Morgan fingerprint density at radius 3 is 2.24 bits per heavy atom. The molecule has 1 atom stereocenters. The predicted octanol–water partition coefficient (Wildman–Crippen LogP) is 3.06. The highest BCUT2D eigenvalue weighted by atomic mass is 32.2. The van der Waals surface area contributed by atoms with Gasteiger partial charge in [0.15, 0.2) is 11.5 Å². The Hall–Kier alpha value is -2.97. The quantitative estimate of drug-likeness (QED) is 0.524. The molecule has 154 valence electrons. The van der Waals surface area contributed by atoms with Gasteiger partial charge in [0.25, 0.3) is 0 Å². The summed E-state index contributed by atoms with van der Waals surface area (Å²) in [4.78, 5) is 22.4. The largest absolute Gasteiger partial charge is 0.423 e. The van der Waals surface area contributed by atoms with Crippen molar-refractivity contribution in [1.29, 1.82) is 0 Å². The van der Waals surface area contributed by atoms with Gasteiger partial charge in [0, 0.05) is 25.3 Å². The molecule has 0 radical (unpaired) electrons. The Kier molecular flexibility index (Phi) is 7.69. The SMILES string of the molecule is CC(=O)Oc1ccc(/C=C/S(=O)(=O)NC(C)Cc2ccccc2)cc1OC(C)=O. The van der Waals surface area contributed by atoms with Crippen LogP contribution in [0.1, 0.15) is 31.9 Å². The van der Waals surface area contributed by atoms with Crippen LogP contribution in [-0.2, 0) is 26.0 Å². The molecular formula is C21H23NO6S. The molecule has 0 heterocycles. The standard InChI is InChI=1S/C21H23NO6S/c1-15(13-18-7-5-4-6-8-18)22-29(25,26)12-11-19-9-10-20(27-16(2)23)21(14-19)28-17(3)24/h4-12,14-15,22H,13H2,1-3H3/b12-11+. The van der Waals surface area contributed by atoms with E-state index in [1.165, 1.54) is 32.1 Å².